The molecule has 3 heteroatoms. The number of rotatable bonds is 6. The first-order chi connectivity index (χ1) is 15.8. The maximum Gasteiger partial charge on any atom is 0.0709 e. The number of benzene rings is 3. The first kappa shape index (κ1) is 20.0. The molecule has 0 spiro atoms. The Morgan fingerprint density at radius 1 is 0.938 bits per heavy atom. The summed E-state index contributed by atoms with van der Waals surface area (Å²) < 4.78 is 0. The smallest absolute Gasteiger partial charge is 0.0709 e. The third kappa shape index (κ3) is 4.26. The van der Waals surface area contributed by atoms with Gasteiger partial charge < -0.3 is 4.90 Å². The predicted octanol–water partition coefficient (Wildman–Crippen LogP) is 6.42. The van der Waals surface area contributed by atoms with Gasteiger partial charge in [-0.3, -0.25) is 0 Å². The number of nitriles is 1. The molecule has 0 N–H and O–H groups in total. The van der Waals surface area contributed by atoms with Gasteiger partial charge in [0.1, 0.15) is 0 Å². The van der Waals surface area contributed by atoms with E-state index in [-0.39, 0.29) is 0 Å². The van der Waals surface area contributed by atoms with Crippen LogP contribution >= 0.6 is 0 Å². The van der Waals surface area contributed by atoms with Crippen LogP contribution in [0, 0.1) is 11.3 Å². The zero-order chi connectivity index (χ0) is 21.8. The lowest BCUT2D eigenvalue weighted by atomic mass is 10.0. The first-order valence-electron chi connectivity index (χ1n) is 11.2. The van der Waals surface area contributed by atoms with Gasteiger partial charge in [0, 0.05) is 30.6 Å². The zero-order valence-corrected chi connectivity index (χ0v) is 18.0. The van der Waals surface area contributed by atoms with E-state index < -0.39 is 0 Å². The van der Waals surface area contributed by atoms with Gasteiger partial charge in [0.15, 0.2) is 0 Å². The Morgan fingerprint density at radius 2 is 1.84 bits per heavy atom. The number of nitrogens with zero attached hydrogens (tertiary/aromatic N) is 3. The van der Waals surface area contributed by atoms with Crippen LogP contribution in [0.25, 0.3) is 23.1 Å². The largest absolute Gasteiger partial charge is 0.366 e. The molecular weight excluding hydrogens is 390 g/mol. The van der Waals surface area contributed by atoms with Crippen LogP contribution in [0.4, 0.5) is 5.69 Å². The number of fused-ring (bicyclic) bond motifs is 2. The molecule has 3 nitrogen and oxygen atoms in total. The molecule has 0 unspecified atom stereocenters. The van der Waals surface area contributed by atoms with E-state index in [0.717, 1.165) is 42.5 Å². The molecule has 32 heavy (non-hydrogen) atoms. The number of pyridine rings is 1. The molecule has 1 aromatic heterocycles. The van der Waals surface area contributed by atoms with E-state index in [0.29, 0.717) is 6.42 Å². The van der Waals surface area contributed by atoms with Gasteiger partial charge in [-0.05, 0) is 59.4 Å². The average Bonchev–Trinajstić information content (AvgIpc) is 3.25. The molecule has 0 saturated carbocycles. The zero-order valence-electron chi connectivity index (χ0n) is 18.0. The molecule has 0 amide bonds. The van der Waals surface area contributed by atoms with Crippen molar-refractivity contribution in [3.63, 3.8) is 0 Å². The second-order valence-electron chi connectivity index (χ2n) is 8.26. The van der Waals surface area contributed by atoms with Crippen molar-refractivity contribution in [3.8, 4) is 6.07 Å². The van der Waals surface area contributed by atoms with Crippen molar-refractivity contribution in [2.24, 2.45) is 0 Å². The summed E-state index contributed by atoms with van der Waals surface area (Å²) in [5, 5.41) is 10.2. The highest BCUT2D eigenvalue weighted by molar-refractivity contribution is 5.80. The Kier molecular flexibility index (Phi) is 5.68. The third-order valence-corrected chi connectivity index (χ3v) is 6.07. The Hall–Kier alpha value is -3.90. The van der Waals surface area contributed by atoms with Gasteiger partial charge in [0.05, 0.1) is 17.3 Å². The molecule has 0 atom stereocenters. The van der Waals surface area contributed by atoms with Gasteiger partial charge in [-0.1, -0.05) is 66.7 Å². The van der Waals surface area contributed by atoms with E-state index in [9.17, 15) is 0 Å². The normalized spacial score (nSPS) is 12.9. The minimum Gasteiger partial charge on any atom is -0.366 e. The van der Waals surface area contributed by atoms with Crippen LogP contribution in [0.1, 0.15) is 34.4 Å². The SMILES string of the molecule is N#CCCc1cccc2c1N(Cc1cccc(C=Cc3ccc4ccccc4n3)c1)CC2. The van der Waals surface area contributed by atoms with Crippen molar-refractivity contribution >= 4 is 28.7 Å². The fourth-order valence-corrected chi connectivity index (χ4v) is 4.54. The number of hydrogen-bond donors (Lipinski definition) is 0. The molecule has 5 rings (SSSR count). The standard InChI is InChI=1S/C29H25N3/c30-18-5-11-25-9-4-10-26-17-19-32(29(25)26)21-23-7-3-6-22(20-23)13-15-27-16-14-24-8-1-2-12-28(24)31-27/h1-4,6-10,12-16,20H,5,11,17,19,21H2. The molecule has 4 aromatic rings. The molecule has 1 aliphatic heterocycles. The lowest BCUT2D eigenvalue weighted by molar-refractivity contribution is 0.829. The van der Waals surface area contributed by atoms with Crippen LogP contribution in [0.3, 0.4) is 0 Å². The molecule has 0 fully saturated rings. The van der Waals surface area contributed by atoms with Crippen LogP contribution in [0.2, 0.25) is 0 Å². The minimum atomic E-state index is 0.563. The van der Waals surface area contributed by atoms with E-state index in [1.807, 2.05) is 18.2 Å². The Labute approximate surface area is 189 Å². The maximum atomic E-state index is 9.02. The summed E-state index contributed by atoms with van der Waals surface area (Å²) in [6.45, 7) is 1.91. The minimum absolute atomic E-state index is 0.563. The number of aromatic nitrogens is 1. The lowest BCUT2D eigenvalue weighted by Gasteiger charge is -2.22. The second kappa shape index (κ2) is 9.08. The highest BCUT2D eigenvalue weighted by atomic mass is 15.1. The van der Waals surface area contributed by atoms with E-state index in [1.165, 1.54) is 27.9 Å². The van der Waals surface area contributed by atoms with Gasteiger partial charge in [-0.25, -0.2) is 4.98 Å². The van der Waals surface area contributed by atoms with Crippen molar-refractivity contribution in [2.45, 2.75) is 25.8 Å². The predicted molar refractivity (Wildman–Crippen MR) is 132 cm³/mol. The summed E-state index contributed by atoms with van der Waals surface area (Å²) >= 11 is 0. The van der Waals surface area contributed by atoms with E-state index in [4.69, 9.17) is 10.2 Å². The summed E-state index contributed by atoms with van der Waals surface area (Å²) in [6.07, 6.45) is 6.67. The van der Waals surface area contributed by atoms with Crippen LogP contribution in [-0.2, 0) is 19.4 Å². The molecule has 0 saturated heterocycles. The number of aryl methyl sites for hydroxylation is 1. The van der Waals surface area contributed by atoms with E-state index >= 15 is 0 Å². The van der Waals surface area contributed by atoms with Gasteiger partial charge >= 0.3 is 0 Å². The summed E-state index contributed by atoms with van der Waals surface area (Å²) in [5.41, 5.74) is 8.48. The van der Waals surface area contributed by atoms with Crippen LogP contribution in [-0.4, -0.2) is 11.5 Å². The fourth-order valence-electron chi connectivity index (χ4n) is 4.54. The maximum absolute atomic E-state index is 9.02. The Morgan fingerprint density at radius 3 is 2.78 bits per heavy atom. The molecule has 156 valence electrons. The number of hydrogen-bond acceptors (Lipinski definition) is 3. The summed E-state index contributed by atoms with van der Waals surface area (Å²) in [5.74, 6) is 0. The van der Waals surface area contributed by atoms with Gasteiger partial charge in [-0.15, -0.1) is 0 Å². The van der Waals surface area contributed by atoms with Gasteiger partial charge in [0.25, 0.3) is 0 Å². The van der Waals surface area contributed by atoms with Crippen molar-refractivity contribution in [1.82, 2.24) is 4.98 Å². The van der Waals surface area contributed by atoms with Crippen molar-refractivity contribution in [1.29, 1.82) is 5.26 Å². The van der Waals surface area contributed by atoms with Gasteiger partial charge in [0.2, 0.25) is 0 Å². The van der Waals surface area contributed by atoms with Crippen molar-refractivity contribution in [2.75, 3.05) is 11.4 Å². The lowest BCUT2D eigenvalue weighted by Crippen LogP contribution is -2.20. The van der Waals surface area contributed by atoms with E-state index in [1.54, 1.807) is 0 Å². The Balaban J connectivity index is 1.34. The summed E-state index contributed by atoms with van der Waals surface area (Å²) in [4.78, 5) is 7.21. The quantitative estimate of drug-likeness (QED) is 0.365. The van der Waals surface area contributed by atoms with Crippen LogP contribution in [0.15, 0.2) is 78.9 Å². The van der Waals surface area contributed by atoms with Crippen molar-refractivity contribution in [3.05, 3.63) is 107 Å². The molecular formula is C29H25N3. The molecule has 1 aliphatic rings. The van der Waals surface area contributed by atoms with Crippen LogP contribution < -0.4 is 4.90 Å². The fraction of sp³-hybridized carbons (Fsp3) is 0.172. The molecule has 0 radical (unpaired) electrons. The molecule has 3 aromatic carbocycles. The second-order valence-corrected chi connectivity index (χ2v) is 8.26. The summed E-state index contributed by atoms with van der Waals surface area (Å²) in [6, 6.07) is 29.9. The topological polar surface area (TPSA) is 39.9 Å². The number of para-hydroxylation sites is 2. The summed E-state index contributed by atoms with van der Waals surface area (Å²) in [7, 11) is 0. The average molecular weight is 416 g/mol. The monoisotopic (exact) mass is 415 g/mol. The van der Waals surface area contributed by atoms with Crippen LogP contribution in [0.5, 0.6) is 0 Å². The Bertz CT molecular complexity index is 1330. The van der Waals surface area contributed by atoms with Crippen molar-refractivity contribution < 1.29 is 0 Å². The van der Waals surface area contributed by atoms with E-state index in [2.05, 4.69) is 83.8 Å². The highest BCUT2D eigenvalue weighted by Crippen LogP contribution is 2.33. The highest BCUT2D eigenvalue weighted by Gasteiger charge is 2.22. The molecule has 0 aliphatic carbocycles. The molecule has 0 bridgehead atoms. The van der Waals surface area contributed by atoms with Gasteiger partial charge in [-0.2, -0.15) is 5.26 Å². The first-order valence-corrected chi connectivity index (χ1v) is 11.2. The number of anilines is 1. The molecule has 2 heterocycles. The third-order valence-electron chi connectivity index (χ3n) is 6.07.